The normalized spacial score (nSPS) is 20.8. The van der Waals surface area contributed by atoms with Crippen molar-refractivity contribution >= 4 is 0 Å². The van der Waals surface area contributed by atoms with Gasteiger partial charge in [-0.1, -0.05) is 36.4 Å². The van der Waals surface area contributed by atoms with Crippen LogP contribution < -0.4 is 5.73 Å². The molecule has 1 fully saturated rings. The second-order valence-corrected chi connectivity index (χ2v) is 4.05. The van der Waals surface area contributed by atoms with Crippen molar-refractivity contribution in [3.63, 3.8) is 0 Å². The van der Waals surface area contributed by atoms with Crippen molar-refractivity contribution in [1.82, 2.24) is 4.90 Å². The zero-order valence-electron chi connectivity index (χ0n) is 9.53. The Morgan fingerprint density at radius 2 is 1.53 bits per heavy atom. The molecule has 17 heavy (non-hydrogen) atoms. The summed E-state index contributed by atoms with van der Waals surface area (Å²) in [4.78, 5) is 1.34. The molecule has 1 unspecified atom stereocenters. The molecule has 0 aliphatic carbocycles. The number of alkyl halides is 3. The first kappa shape index (κ1) is 14.0. The van der Waals surface area contributed by atoms with E-state index in [0.717, 1.165) is 0 Å². The zero-order chi connectivity index (χ0) is 12.7. The van der Waals surface area contributed by atoms with E-state index in [9.17, 15) is 13.2 Å². The van der Waals surface area contributed by atoms with Gasteiger partial charge in [0.1, 0.15) is 0 Å². The van der Waals surface area contributed by atoms with Gasteiger partial charge in [-0.2, -0.15) is 13.2 Å². The Morgan fingerprint density at radius 1 is 1.06 bits per heavy atom. The van der Waals surface area contributed by atoms with Crippen LogP contribution in [0.25, 0.3) is 0 Å². The molecule has 5 heteroatoms. The summed E-state index contributed by atoms with van der Waals surface area (Å²) in [6.07, 6.45) is -3.40. The van der Waals surface area contributed by atoms with E-state index in [4.69, 9.17) is 5.73 Å². The summed E-state index contributed by atoms with van der Waals surface area (Å²) in [7, 11) is 0. The molecule has 2 nitrogen and oxygen atoms in total. The van der Waals surface area contributed by atoms with Crippen LogP contribution in [0.5, 0.6) is 0 Å². The van der Waals surface area contributed by atoms with Crippen molar-refractivity contribution in [3.05, 3.63) is 36.4 Å². The van der Waals surface area contributed by atoms with E-state index >= 15 is 0 Å². The zero-order valence-corrected chi connectivity index (χ0v) is 9.53. The Kier molecular flexibility index (Phi) is 5.44. The minimum absolute atomic E-state index is 0.0719. The predicted octanol–water partition coefficient (Wildman–Crippen LogP) is 2.27. The topological polar surface area (TPSA) is 29.3 Å². The van der Waals surface area contributed by atoms with Crippen molar-refractivity contribution in [2.75, 3.05) is 19.6 Å². The average molecular weight is 246 g/mol. The third-order valence-electron chi connectivity index (χ3n) is 2.38. The maximum absolute atomic E-state index is 11.8. The van der Waals surface area contributed by atoms with E-state index in [0.29, 0.717) is 19.5 Å². The van der Waals surface area contributed by atoms with Crippen LogP contribution in [0, 0.1) is 0 Å². The Balaban J connectivity index is 0.000000202. The van der Waals surface area contributed by atoms with Crippen LogP contribution in [0.4, 0.5) is 13.2 Å². The second kappa shape index (κ2) is 6.61. The standard InChI is InChI=1S/C6H11F3N2.C6H6/c7-6(8,9)4-11-2-1-5(10)3-11;1-2-4-6-5-3-1/h5H,1-4,10H2;1-6H. The van der Waals surface area contributed by atoms with Crippen LogP contribution in [-0.4, -0.2) is 36.8 Å². The summed E-state index contributed by atoms with van der Waals surface area (Å²) in [5, 5.41) is 0. The first-order valence-corrected chi connectivity index (χ1v) is 5.52. The molecule has 2 rings (SSSR count). The first-order chi connectivity index (χ1) is 7.97. The van der Waals surface area contributed by atoms with Gasteiger partial charge in [-0.05, 0) is 6.42 Å². The highest BCUT2D eigenvalue weighted by Crippen LogP contribution is 2.19. The molecule has 0 amide bonds. The van der Waals surface area contributed by atoms with Gasteiger partial charge >= 0.3 is 6.18 Å². The van der Waals surface area contributed by atoms with Crippen LogP contribution in [-0.2, 0) is 0 Å². The van der Waals surface area contributed by atoms with Crippen LogP contribution in [0.1, 0.15) is 6.42 Å². The van der Waals surface area contributed by atoms with Crippen LogP contribution in [0.3, 0.4) is 0 Å². The fourth-order valence-electron chi connectivity index (χ4n) is 1.64. The highest BCUT2D eigenvalue weighted by atomic mass is 19.4. The molecule has 0 saturated carbocycles. The van der Waals surface area contributed by atoms with E-state index in [2.05, 4.69) is 0 Å². The summed E-state index contributed by atoms with van der Waals surface area (Å²) < 4.78 is 35.3. The van der Waals surface area contributed by atoms with E-state index in [1.54, 1.807) is 0 Å². The first-order valence-electron chi connectivity index (χ1n) is 5.52. The molecule has 1 saturated heterocycles. The third-order valence-corrected chi connectivity index (χ3v) is 2.38. The lowest BCUT2D eigenvalue weighted by Gasteiger charge is -2.16. The minimum atomic E-state index is -4.08. The summed E-state index contributed by atoms with van der Waals surface area (Å²) in [5.41, 5.74) is 5.43. The number of rotatable bonds is 1. The average Bonchev–Trinajstić information content (AvgIpc) is 2.65. The fourth-order valence-corrected chi connectivity index (χ4v) is 1.64. The van der Waals surface area contributed by atoms with Gasteiger partial charge in [-0.15, -0.1) is 0 Å². The predicted molar refractivity (Wildman–Crippen MR) is 61.5 cm³/mol. The molecule has 1 aliphatic rings. The molecule has 0 spiro atoms. The van der Waals surface area contributed by atoms with Gasteiger partial charge in [0, 0.05) is 19.1 Å². The van der Waals surface area contributed by atoms with Gasteiger partial charge < -0.3 is 5.73 Å². The Hall–Kier alpha value is -1.07. The van der Waals surface area contributed by atoms with E-state index in [1.807, 2.05) is 36.4 Å². The Labute approximate surface area is 99.2 Å². The SMILES string of the molecule is NC1CCN(CC(F)(F)F)C1.c1ccccc1. The molecular weight excluding hydrogens is 229 g/mol. The number of hydrogen-bond donors (Lipinski definition) is 1. The summed E-state index contributed by atoms with van der Waals surface area (Å²) in [5.74, 6) is 0. The lowest BCUT2D eigenvalue weighted by molar-refractivity contribution is -0.143. The van der Waals surface area contributed by atoms with Gasteiger partial charge in [0.15, 0.2) is 0 Å². The molecule has 1 aromatic rings. The third kappa shape index (κ3) is 6.97. The van der Waals surface area contributed by atoms with E-state index in [-0.39, 0.29) is 6.04 Å². The molecule has 1 aliphatic heterocycles. The number of halogens is 3. The molecule has 0 bridgehead atoms. The molecular formula is C12H17F3N2. The lowest BCUT2D eigenvalue weighted by atomic mass is 10.3. The molecule has 2 N–H and O–H groups in total. The van der Waals surface area contributed by atoms with E-state index in [1.165, 1.54) is 4.90 Å². The van der Waals surface area contributed by atoms with Gasteiger partial charge in [-0.3, -0.25) is 4.90 Å². The number of nitrogens with two attached hydrogens (primary N) is 1. The highest BCUT2D eigenvalue weighted by molar-refractivity contribution is 4.99. The summed E-state index contributed by atoms with van der Waals surface area (Å²) >= 11 is 0. The van der Waals surface area contributed by atoms with Gasteiger partial charge in [0.2, 0.25) is 0 Å². The van der Waals surface area contributed by atoms with Crippen LogP contribution in [0.2, 0.25) is 0 Å². The van der Waals surface area contributed by atoms with Crippen molar-refractivity contribution in [2.45, 2.75) is 18.6 Å². The van der Waals surface area contributed by atoms with E-state index < -0.39 is 12.7 Å². The monoisotopic (exact) mass is 246 g/mol. The quantitative estimate of drug-likeness (QED) is 0.823. The van der Waals surface area contributed by atoms with Gasteiger partial charge in [0.25, 0.3) is 0 Å². The highest BCUT2D eigenvalue weighted by Gasteiger charge is 2.33. The molecule has 0 aromatic heterocycles. The summed E-state index contributed by atoms with van der Waals surface area (Å²) in [6.45, 7) is 0.0287. The Bertz CT molecular complexity index is 274. The molecule has 96 valence electrons. The van der Waals surface area contributed by atoms with Crippen molar-refractivity contribution in [1.29, 1.82) is 0 Å². The van der Waals surface area contributed by atoms with Gasteiger partial charge in [0.05, 0.1) is 6.54 Å². The van der Waals surface area contributed by atoms with Crippen LogP contribution in [0.15, 0.2) is 36.4 Å². The van der Waals surface area contributed by atoms with Gasteiger partial charge in [-0.25, -0.2) is 0 Å². The number of benzene rings is 1. The maximum atomic E-state index is 11.8. The fraction of sp³-hybridized carbons (Fsp3) is 0.500. The summed E-state index contributed by atoms with van der Waals surface area (Å²) in [6, 6.07) is 11.9. The van der Waals surface area contributed by atoms with Crippen molar-refractivity contribution in [3.8, 4) is 0 Å². The number of hydrogen-bond acceptors (Lipinski definition) is 2. The number of likely N-dealkylation sites (tertiary alicyclic amines) is 1. The Morgan fingerprint density at radius 3 is 1.82 bits per heavy atom. The molecule has 1 aromatic carbocycles. The minimum Gasteiger partial charge on any atom is -0.326 e. The largest absolute Gasteiger partial charge is 0.401 e. The smallest absolute Gasteiger partial charge is 0.326 e. The van der Waals surface area contributed by atoms with Crippen molar-refractivity contribution in [2.24, 2.45) is 5.73 Å². The maximum Gasteiger partial charge on any atom is 0.401 e. The second-order valence-electron chi connectivity index (χ2n) is 4.05. The van der Waals surface area contributed by atoms with Crippen molar-refractivity contribution < 1.29 is 13.2 Å². The molecule has 0 radical (unpaired) electrons. The molecule has 1 heterocycles. The molecule has 1 atom stereocenters. The lowest BCUT2D eigenvalue weighted by Crippen LogP contribution is -2.34. The number of nitrogens with zero attached hydrogens (tertiary/aromatic N) is 1. The van der Waals surface area contributed by atoms with Crippen LogP contribution >= 0.6 is 0 Å².